The van der Waals surface area contributed by atoms with Crippen LogP contribution in [0.3, 0.4) is 0 Å². The first-order valence-electron chi connectivity index (χ1n) is 3.52. The fourth-order valence-corrected chi connectivity index (χ4v) is 1.05. The number of halogens is 1. The number of aromatic amines is 2. The number of aromatic nitrogens is 4. The van der Waals surface area contributed by atoms with Crippen molar-refractivity contribution in [3.63, 3.8) is 0 Å². The van der Waals surface area contributed by atoms with E-state index in [-0.39, 0.29) is 5.82 Å². The maximum Gasteiger partial charge on any atom is 0.213 e. The van der Waals surface area contributed by atoms with Gasteiger partial charge in [0.05, 0.1) is 6.20 Å². The van der Waals surface area contributed by atoms with Gasteiger partial charge in [0.15, 0.2) is 5.82 Å². The Morgan fingerprint density at radius 1 is 1.31 bits per heavy atom. The second-order valence-electron chi connectivity index (χ2n) is 2.38. The summed E-state index contributed by atoms with van der Waals surface area (Å²) < 4.78 is 12.8. The summed E-state index contributed by atoms with van der Waals surface area (Å²) in [5.41, 5.74) is 0.550. The SMILES string of the molecule is Fc1ccc(-c2nc(=S)[nH][nH]2)nc1. The van der Waals surface area contributed by atoms with Crippen LogP contribution in [0, 0.1) is 10.6 Å². The number of pyridine rings is 1. The van der Waals surface area contributed by atoms with Crippen molar-refractivity contribution in [3.8, 4) is 11.5 Å². The molecule has 0 bridgehead atoms. The molecule has 6 heteroatoms. The lowest BCUT2D eigenvalue weighted by atomic mass is 10.3. The molecule has 0 aromatic carbocycles. The second-order valence-corrected chi connectivity index (χ2v) is 2.76. The van der Waals surface area contributed by atoms with Crippen molar-refractivity contribution in [2.75, 3.05) is 0 Å². The van der Waals surface area contributed by atoms with Gasteiger partial charge in [-0.15, -0.1) is 0 Å². The normalized spacial score (nSPS) is 10.2. The summed E-state index contributed by atoms with van der Waals surface area (Å²) in [5.74, 6) is 0.128. The molecule has 66 valence electrons. The minimum Gasteiger partial charge on any atom is -0.280 e. The number of H-pyrrole nitrogens is 2. The Morgan fingerprint density at radius 2 is 2.15 bits per heavy atom. The fraction of sp³-hybridized carbons (Fsp3) is 0. The number of nitrogens with one attached hydrogen (secondary N) is 2. The minimum atomic E-state index is -0.377. The molecule has 4 nitrogen and oxygen atoms in total. The first-order chi connectivity index (χ1) is 6.25. The van der Waals surface area contributed by atoms with Crippen LogP contribution in [0.5, 0.6) is 0 Å². The predicted octanol–water partition coefficient (Wildman–Crippen LogP) is 1.67. The average Bonchev–Trinajstić information content (AvgIpc) is 2.53. The van der Waals surface area contributed by atoms with Gasteiger partial charge in [0, 0.05) is 0 Å². The Balaban J connectivity index is 2.47. The molecule has 0 unspecified atom stereocenters. The largest absolute Gasteiger partial charge is 0.280 e. The van der Waals surface area contributed by atoms with Gasteiger partial charge in [-0.3, -0.25) is 10.2 Å². The zero-order chi connectivity index (χ0) is 9.26. The van der Waals surface area contributed by atoms with Crippen LogP contribution in [0.4, 0.5) is 4.39 Å². The molecule has 0 atom stereocenters. The van der Waals surface area contributed by atoms with E-state index in [2.05, 4.69) is 20.2 Å². The number of rotatable bonds is 1. The maximum atomic E-state index is 12.5. The third-order valence-electron chi connectivity index (χ3n) is 1.47. The highest BCUT2D eigenvalue weighted by Crippen LogP contribution is 2.09. The lowest BCUT2D eigenvalue weighted by molar-refractivity contribution is 0.621. The lowest BCUT2D eigenvalue weighted by Crippen LogP contribution is -1.86. The molecule has 2 N–H and O–H groups in total. The van der Waals surface area contributed by atoms with Gasteiger partial charge in [-0.05, 0) is 24.4 Å². The van der Waals surface area contributed by atoms with Crippen LogP contribution < -0.4 is 0 Å². The molecule has 0 radical (unpaired) electrons. The highest BCUT2D eigenvalue weighted by Gasteiger charge is 2.01. The summed E-state index contributed by atoms with van der Waals surface area (Å²) in [4.78, 5) is 7.76. The summed E-state index contributed by atoms with van der Waals surface area (Å²) in [7, 11) is 0. The van der Waals surface area contributed by atoms with Crippen molar-refractivity contribution >= 4 is 12.2 Å². The molecule has 2 aromatic heterocycles. The van der Waals surface area contributed by atoms with Crippen LogP contribution in [0.15, 0.2) is 18.3 Å². The first kappa shape index (κ1) is 8.06. The van der Waals surface area contributed by atoms with E-state index < -0.39 is 0 Å². The van der Waals surface area contributed by atoms with Crippen molar-refractivity contribution in [3.05, 3.63) is 28.9 Å². The maximum absolute atomic E-state index is 12.5. The third-order valence-corrected chi connectivity index (χ3v) is 1.66. The Labute approximate surface area is 77.8 Å². The summed E-state index contributed by atoms with van der Waals surface area (Å²) in [6, 6.07) is 2.84. The van der Waals surface area contributed by atoms with Gasteiger partial charge in [-0.1, -0.05) is 0 Å². The molecule has 0 aliphatic carbocycles. The zero-order valence-corrected chi connectivity index (χ0v) is 7.23. The van der Waals surface area contributed by atoms with Crippen LogP contribution in [0.2, 0.25) is 0 Å². The summed E-state index contributed by atoms with van der Waals surface area (Å²) >= 11 is 4.76. The van der Waals surface area contributed by atoms with Gasteiger partial charge in [-0.25, -0.2) is 9.37 Å². The molecular weight excluding hydrogens is 191 g/mol. The van der Waals surface area contributed by atoms with Gasteiger partial charge < -0.3 is 0 Å². The molecule has 0 saturated heterocycles. The van der Waals surface area contributed by atoms with Gasteiger partial charge >= 0.3 is 0 Å². The molecule has 0 spiro atoms. The van der Waals surface area contributed by atoms with E-state index in [9.17, 15) is 4.39 Å². The average molecular weight is 196 g/mol. The quantitative estimate of drug-likeness (QED) is 0.682. The molecule has 13 heavy (non-hydrogen) atoms. The van der Waals surface area contributed by atoms with Gasteiger partial charge in [0.2, 0.25) is 4.77 Å². The van der Waals surface area contributed by atoms with Crippen molar-refractivity contribution in [1.82, 2.24) is 20.2 Å². The molecule has 2 heterocycles. The Kier molecular flexibility index (Phi) is 1.90. The lowest BCUT2D eigenvalue weighted by Gasteiger charge is -1.92. The van der Waals surface area contributed by atoms with Crippen LogP contribution in [0.25, 0.3) is 11.5 Å². The molecular formula is C7H5FN4S. The minimum absolute atomic E-state index is 0.348. The van der Waals surface area contributed by atoms with E-state index >= 15 is 0 Å². The molecule has 2 rings (SSSR count). The highest BCUT2D eigenvalue weighted by atomic mass is 32.1. The smallest absolute Gasteiger partial charge is 0.213 e. The molecule has 0 aliphatic rings. The van der Waals surface area contributed by atoms with Crippen molar-refractivity contribution in [2.45, 2.75) is 0 Å². The summed E-state index contributed by atoms with van der Waals surface area (Å²) in [6.45, 7) is 0. The van der Waals surface area contributed by atoms with Gasteiger partial charge in [0.1, 0.15) is 11.5 Å². The molecule has 0 saturated carbocycles. The Hall–Kier alpha value is -1.56. The zero-order valence-electron chi connectivity index (χ0n) is 6.41. The Bertz CT molecular complexity index is 458. The van der Waals surface area contributed by atoms with E-state index in [0.717, 1.165) is 6.20 Å². The fourth-order valence-electron chi connectivity index (χ4n) is 0.907. The highest BCUT2D eigenvalue weighted by molar-refractivity contribution is 7.71. The van der Waals surface area contributed by atoms with Crippen molar-refractivity contribution in [2.24, 2.45) is 0 Å². The van der Waals surface area contributed by atoms with E-state index in [1.807, 2.05) is 0 Å². The van der Waals surface area contributed by atoms with Gasteiger partial charge in [-0.2, -0.15) is 4.98 Å². The Morgan fingerprint density at radius 3 is 2.69 bits per heavy atom. The molecule has 0 fully saturated rings. The topological polar surface area (TPSA) is 57.4 Å². The van der Waals surface area contributed by atoms with E-state index in [1.54, 1.807) is 0 Å². The number of hydrogen-bond acceptors (Lipinski definition) is 3. The van der Waals surface area contributed by atoms with Gasteiger partial charge in [0.25, 0.3) is 0 Å². The van der Waals surface area contributed by atoms with Crippen molar-refractivity contribution < 1.29 is 4.39 Å². The number of hydrogen-bond donors (Lipinski definition) is 2. The summed E-state index contributed by atoms with van der Waals surface area (Å²) in [5, 5.41) is 5.34. The standard InChI is InChI=1S/C7H5FN4S/c8-4-1-2-5(9-3-4)6-10-7(13)12-11-6/h1-3H,(H2,10,11,12,13). The van der Waals surface area contributed by atoms with E-state index in [1.165, 1.54) is 12.1 Å². The monoisotopic (exact) mass is 196 g/mol. The summed E-state index contributed by atoms with van der Waals surface area (Å²) in [6.07, 6.45) is 1.13. The molecule has 0 amide bonds. The van der Waals surface area contributed by atoms with Crippen LogP contribution in [0.1, 0.15) is 0 Å². The predicted molar refractivity (Wildman–Crippen MR) is 47.0 cm³/mol. The first-order valence-corrected chi connectivity index (χ1v) is 3.93. The van der Waals surface area contributed by atoms with Crippen LogP contribution >= 0.6 is 12.2 Å². The van der Waals surface area contributed by atoms with E-state index in [4.69, 9.17) is 12.2 Å². The number of nitrogens with zero attached hydrogens (tertiary/aromatic N) is 2. The van der Waals surface area contributed by atoms with Crippen molar-refractivity contribution in [1.29, 1.82) is 0 Å². The molecule has 0 aliphatic heterocycles. The second kappa shape index (κ2) is 3.06. The van der Waals surface area contributed by atoms with Crippen LogP contribution in [-0.4, -0.2) is 20.2 Å². The van der Waals surface area contributed by atoms with Crippen LogP contribution in [-0.2, 0) is 0 Å². The van der Waals surface area contributed by atoms with E-state index in [0.29, 0.717) is 16.3 Å². The third kappa shape index (κ3) is 1.62. The molecule has 2 aromatic rings.